The number of aromatic nitrogens is 2. The number of nitrogens with zero attached hydrogens (tertiary/aromatic N) is 4. The number of nitrogens with one attached hydrogen (secondary N) is 4. The van der Waals surface area contributed by atoms with E-state index in [9.17, 15) is 52.7 Å². The van der Waals surface area contributed by atoms with Gasteiger partial charge in [0.2, 0.25) is 19.4 Å². The molecule has 768 valence electrons. The lowest BCUT2D eigenvalue weighted by molar-refractivity contribution is -0.158. The number of esters is 5. The van der Waals surface area contributed by atoms with Gasteiger partial charge in [-0.1, -0.05) is 321 Å². The molecule has 0 unspecified atom stereocenters. The minimum Gasteiger partial charge on any atom is -0.481 e. The standard InChI is InChI=1S/C51H63Cl3N4O8Si.C37H52Cl3N3O7Si.C19H21NO4/c1-33(2)40(30-45(60)50(8,9)27-26-36-22-23-37-24-25-41(55-43(37)29-36)34(3)66-35(4)59)46(61)56-44(47(62)58-28-16-21-42(57-58)48(63)64-32-51(52,53)54)31-65-67(49(5,6)7,38-17-12-10-13-18-38)39-19-14-11-15-20-39;1-25(2)28(22-31(44)50-35(3,4)5)32(45)41-30(33(46)43-21-15-20-29(42-43)34(47)48-24-37(38,39)40)23-49-51(36(6,7)8,26-16-11-9-12-17-26)27-18-13-10-14-19-27;1-12(24-13(2)21)16-8-7-15-6-5-14(11-17(15)20-16)9-10-19(3,4)18(22)23/h10-15,17-20,22-27,29,33-34,40,42,44,57H,16,21,28,30-32H2,1-9H3,(H,56,61);9-14,16-19,25,28-30,42H,15,20-24H2,1-8H3,(H,41,45);5-12H,1-4H3,(H,22,23)/b27-26+;;10-9+/t34-,40+,42+,44+;28-,29-,30-;12-/m101/s1. The van der Waals surface area contributed by atoms with Gasteiger partial charge in [-0.3, -0.25) is 62.8 Å². The third-order valence-electron chi connectivity index (χ3n) is 24.4. The molecule has 2 saturated heterocycles. The van der Waals surface area contributed by atoms with Crippen LogP contribution >= 0.6 is 69.6 Å². The lowest BCUT2D eigenvalue weighted by Crippen LogP contribution is -2.68. The zero-order valence-corrected chi connectivity index (χ0v) is 91.3. The highest BCUT2D eigenvalue weighted by atomic mass is 35.6. The molecule has 4 amide bonds. The first-order valence-electron chi connectivity index (χ1n) is 47.5. The SMILES string of the molecule is CC(=O)O[C@H](C)c1ccc2ccc(/C=C/C(C)(C)C(=O)C[C@H](C(=O)N[C@@H](CO[Si](c3ccccc3)(c3ccccc3)C(C)(C)C)C(=O)N3CCC[C@@H](C(=O)OCC(Cl)(Cl)Cl)N3)C(C)C)cc2n1.CC(=O)O[C@H](C)c1ccc2ccc(/C=C/C(C)(C)C(=O)O)cc2n1.CC(C)[C@H](CC(=O)OC(C)(C)C)C(=O)N[C@@H](CO[Si](c1ccccc1)(c1ccccc1)C(C)(C)C)C(=O)N1CCC[C@@H](C(=O)OCC(Cl)(Cl)Cl)N1. The van der Waals surface area contributed by atoms with Crippen LogP contribution in [0.2, 0.25) is 10.1 Å². The van der Waals surface area contributed by atoms with E-state index in [1.54, 1.807) is 74.5 Å². The number of fused-ring (bicyclic) bond motifs is 2. The number of rotatable bonds is 36. The normalized spacial score (nSPS) is 16.1. The summed E-state index contributed by atoms with van der Waals surface area (Å²) in [5, 5.41) is 22.7. The van der Waals surface area contributed by atoms with E-state index < -0.39 is 166 Å². The molecule has 142 heavy (non-hydrogen) atoms. The van der Waals surface area contributed by atoms with Crippen molar-refractivity contribution < 1.29 is 90.4 Å². The number of halogens is 6. The Balaban J connectivity index is 0.000000288. The van der Waals surface area contributed by atoms with E-state index in [0.29, 0.717) is 42.6 Å². The molecule has 2 aliphatic rings. The first kappa shape index (κ1) is 117. The second-order valence-electron chi connectivity index (χ2n) is 40.6. The molecule has 6 aromatic carbocycles. The minimum absolute atomic E-state index is 0.104. The van der Waals surface area contributed by atoms with Crippen molar-refractivity contribution in [3.63, 3.8) is 0 Å². The van der Waals surface area contributed by atoms with Crippen LogP contribution in [-0.2, 0) is 85.3 Å². The van der Waals surface area contributed by atoms with E-state index in [2.05, 4.69) is 68.0 Å². The summed E-state index contributed by atoms with van der Waals surface area (Å²) in [6, 6.07) is 54.5. The Morgan fingerprint density at radius 2 is 0.796 bits per heavy atom. The molecule has 4 heterocycles. The average molecular weight is 2110 g/mol. The number of aliphatic carboxylic acids is 1. The number of carboxylic acids is 1. The molecule has 2 aromatic heterocycles. The summed E-state index contributed by atoms with van der Waals surface area (Å²) in [6.07, 6.45) is 7.54. The quantitative estimate of drug-likeness (QED) is 0.0105. The highest BCUT2D eigenvalue weighted by Gasteiger charge is 2.54. The first-order chi connectivity index (χ1) is 66.2. The molecule has 27 nitrogen and oxygen atoms in total. The highest BCUT2D eigenvalue weighted by Crippen LogP contribution is 2.40. The van der Waals surface area contributed by atoms with Gasteiger partial charge < -0.3 is 48.3 Å². The van der Waals surface area contributed by atoms with Gasteiger partial charge in [0, 0.05) is 55.5 Å². The van der Waals surface area contributed by atoms with E-state index >= 15 is 0 Å². The number of amides is 4. The molecule has 0 radical (unpaired) electrons. The number of Topliss-reactive ketones (excluding diaryl/α,β-unsaturated/α-hetero) is 1. The van der Waals surface area contributed by atoms with Crippen LogP contribution < -0.4 is 42.2 Å². The fourth-order valence-electron chi connectivity index (χ4n) is 16.6. The van der Waals surface area contributed by atoms with Crippen LogP contribution in [0, 0.1) is 34.5 Å². The lowest BCUT2D eigenvalue weighted by atomic mass is 9.79. The summed E-state index contributed by atoms with van der Waals surface area (Å²) in [4.78, 5) is 154. The number of ketones is 1. The number of carbonyl (C=O) groups is 11. The first-order valence-corrected chi connectivity index (χ1v) is 53.6. The molecular formula is C107H136Cl6N8O19Si2. The van der Waals surface area contributed by atoms with E-state index in [1.807, 2.05) is 222 Å². The molecule has 0 aliphatic carbocycles. The molecule has 0 spiro atoms. The van der Waals surface area contributed by atoms with Crippen LogP contribution in [0.25, 0.3) is 34.0 Å². The number of ether oxygens (including phenoxy) is 5. The Bertz CT molecular complexity index is 5660. The van der Waals surface area contributed by atoms with Crippen LogP contribution in [0.15, 0.2) is 194 Å². The molecule has 2 aliphatic heterocycles. The lowest BCUT2D eigenvalue weighted by Gasteiger charge is -2.44. The number of hydrazine groups is 2. The maximum atomic E-state index is 14.8. The van der Waals surface area contributed by atoms with Crippen molar-refractivity contribution in [3.05, 3.63) is 217 Å². The van der Waals surface area contributed by atoms with Gasteiger partial charge >= 0.3 is 35.8 Å². The second kappa shape index (κ2) is 51.2. The Morgan fingerprint density at radius 1 is 0.465 bits per heavy atom. The number of carbonyl (C=O) groups excluding carboxylic acids is 10. The monoisotopic (exact) mass is 2100 g/mol. The Morgan fingerprint density at radius 3 is 1.11 bits per heavy atom. The fourth-order valence-corrected chi connectivity index (χ4v) is 26.1. The van der Waals surface area contributed by atoms with Gasteiger partial charge in [-0.15, -0.1) is 0 Å². The third-order valence-corrected chi connectivity index (χ3v) is 35.0. The van der Waals surface area contributed by atoms with E-state index in [-0.39, 0.29) is 62.7 Å². The number of benzene rings is 6. The number of pyridine rings is 2. The van der Waals surface area contributed by atoms with Crippen LogP contribution in [0.3, 0.4) is 0 Å². The number of carboxylic acid groups (broad SMARTS) is 1. The van der Waals surface area contributed by atoms with Gasteiger partial charge in [0.25, 0.3) is 28.4 Å². The topological polar surface area (TPSA) is 353 Å². The fraction of sp³-hybridized carbons (Fsp3) is 0.467. The summed E-state index contributed by atoms with van der Waals surface area (Å²) in [7, 11) is -6.37. The van der Waals surface area contributed by atoms with Gasteiger partial charge in [-0.25, -0.2) is 20.8 Å². The number of hydrogen-bond acceptors (Lipinski definition) is 22. The highest BCUT2D eigenvalue weighted by molar-refractivity contribution is 7.00. The van der Waals surface area contributed by atoms with E-state index in [4.69, 9.17) is 112 Å². The van der Waals surface area contributed by atoms with Gasteiger partial charge in [0.15, 0.2) is 0 Å². The number of allylic oxidation sites excluding steroid dienone is 1. The molecule has 8 aromatic rings. The van der Waals surface area contributed by atoms with E-state index in [0.717, 1.165) is 48.2 Å². The van der Waals surface area contributed by atoms with Gasteiger partial charge in [-0.05, 0) is 166 Å². The summed E-state index contributed by atoms with van der Waals surface area (Å²) in [6.45, 7) is 37.7. The van der Waals surface area contributed by atoms with Crippen LogP contribution in [0.4, 0.5) is 0 Å². The maximum absolute atomic E-state index is 14.8. The van der Waals surface area contributed by atoms with Crippen LogP contribution in [0.1, 0.15) is 219 Å². The van der Waals surface area contributed by atoms with Crippen LogP contribution in [0.5, 0.6) is 0 Å². The smallest absolute Gasteiger partial charge is 0.325 e. The summed E-state index contributed by atoms with van der Waals surface area (Å²) < 4.78 is 37.2. The maximum Gasteiger partial charge on any atom is 0.325 e. The molecule has 0 saturated carbocycles. The van der Waals surface area contributed by atoms with Crippen molar-refractivity contribution in [2.24, 2.45) is 34.5 Å². The van der Waals surface area contributed by atoms with Crippen molar-refractivity contribution in [1.29, 1.82) is 0 Å². The van der Waals surface area contributed by atoms with Crippen molar-refractivity contribution in [3.8, 4) is 0 Å². The summed E-state index contributed by atoms with van der Waals surface area (Å²) in [5.41, 5.74) is 7.73. The Kier molecular flexibility index (Phi) is 42.3. The zero-order chi connectivity index (χ0) is 105. The van der Waals surface area contributed by atoms with Crippen molar-refractivity contribution in [2.75, 3.05) is 39.5 Å². The Labute approximate surface area is 866 Å². The van der Waals surface area contributed by atoms with Gasteiger partial charge in [0.05, 0.1) is 53.4 Å². The predicted octanol–water partition coefficient (Wildman–Crippen LogP) is 18.0. The summed E-state index contributed by atoms with van der Waals surface area (Å²) in [5.74, 6) is -7.86. The minimum atomic E-state index is -3.22. The summed E-state index contributed by atoms with van der Waals surface area (Å²) >= 11 is 34.9. The third kappa shape index (κ3) is 33.8. The van der Waals surface area contributed by atoms with Crippen molar-refractivity contribution >= 4 is 206 Å². The molecule has 0 bridgehead atoms. The van der Waals surface area contributed by atoms with Gasteiger partial charge in [0.1, 0.15) is 61.0 Å². The zero-order valence-electron chi connectivity index (χ0n) is 84.7. The Hall–Kier alpha value is -10.00. The molecule has 10 rings (SSSR count). The van der Waals surface area contributed by atoms with Crippen LogP contribution in [-0.4, -0.2) is 184 Å². The largest absolute Gasteiger partial charge is 0.481 e. The molecule has 2 fully saturated rings. The molecular weight excluding hydrogens is 1970 g/mol. The number of hydrogen-bond donors (Lipinski definition) is 5. The van der Waals surface area contributed by atoms with E-state index in [1.165, 1.54) is 23.9 Å². The van der Waals surface area contributed by atoms with Crippen molar-refractivity contribution in [1.82, 2.24) is 41.5 Å². The van der Waals surface area contributed by atoms with Gasteiger partial charge in [-0.2, -0.15) is 0 Å². The average Bonchev–Trinajstić information content (AvgIpc) is 0.746. The van der Waals surface area contributed by atoms with Crippen molar-refractivity contribution in [2.45, 2.75) is 244 Å². The number of alkyl halides is 6. The predicted molar refractivity (Wildman–Crippen MR) is 563 cm³/mol. The molecule has 35 heteroatoms. The second-order valence-corrected chi connectivity index (χ2v) is 54.2. The molecule has 5 N–H and O–H groups in total. The molecule has 8 atom stereocenters.